The number of nitrogens with zero attached hydrogens (tertiary/aromatic N) is 1. The zero-order valence-electron chi connectivity index (χ0n) is 13.9. The van der Waals surface area contributed by atoms with E-state index in [1.54, 1.807) is 16.8 Å². The number of nitrogens with two attached hydrogens (primary N) is 1. The molecule has 124 valence electrons. The van der Waals surface area contributed by atoms with E-state index in [0.29, 0.717) is 31.4 Å². The third-order valence-corrected chi connectivity index (χ3v) is 3.40. The lowest BCUT2D eigenvalue weighted by atomic mass is 10.2. The first-order valence-corrected chi connectivity index (χ1v) is 7.78. The van der Waals surface area contributed by atoms with Crippen LogP contribution in [0.25, 0.3) is 0 Å². The van der Waals surface area contributed by atoms with Crippen LogP contribution >= 0.6 is 0 Å². The standard InChI is InChI=1S/C18H24N2O3/c1-13(2)12-23-17-5-4-8-20(18(17)21)9-10-22-15-6-7-16(19)14(3)11-15/h4-8,11,13H,9-10,12,19H2,1-3H3. The van der Waals surface area contributed by atoms with Crippen molar-refractivity contribution < 1.29 is 9.47 Å². The maximum atomic E-state index is 12.3. The van der Waals surface area contributed by atoms with Crippen LogP contribution in [-0.4, -0.2) is 17.8 Å². The summed E-state index contributed by atoms with van der Waals surface area (Å²) in [6.07, 6.45) is 1.74. The summed E-state index contributed by atoms with van der Waals surface area (Å²) in [7, 11) is 0. The fourth-order valence-electron chi connectivity index (χ4n) is 2.06. The number of rotatable bonds is 7. The summed E-state index contributed by atoms with van der Waals surface area (Å²) in [6.45, 7) is 7.41. The summed E-state index contributed by atoms with van der Waals surface area (Å²) < 4.78 is 12.8. The van der Waals surface area contributed by atoms with Gasteiger partial charge in [-0.1, -0.05) is 13.8 Å². The summed E-state index contributed by atoms with van der Waals surface area (Å²) in [5.41, 5.74) is 7.36. The Kier molecular flexibility index (Phi) is 5.68. The zero-order valence-corrected chi connectivity index (χ0v) is 13.9. The van der Waals surface area contributed by atoms with E-state index in [1.165, 1.54) is 0 Å². The van der Waals surface area contributed by atoms with Crippen LogP contribution in [0.3, 0.4) is 0 Å². The van der Waals surface area contributed by atoms with Gasteiger partial charge in [-0.15, -0.1) is 0 Å². The topological polar surface area (TPSA) is 66.5 Å². The van der Waals surface area contributed by atoms with Crippen LogP contribution < -0.4 is 20.8 Å². The molecule has 0 spiro atoms. The molecule has 0 aliphatic heterocycles. The maximum Gasteiger partial charge on any atom is 0.292 e. The SMILES string of the molecule is Cc1cc(OCCn2cccc(OCC(C)C)c2=O)ccc1N. The van der Waals surface area contributed by atoms with Gasteiger partial charge < -0.3 is 19.8 Å². The summed E-state index contributed by atoms with van der Waals surface area (Å²) in [5, 5.41) is 0. The van der Waals surface area contributed by atoms with Crippen molar-refractivity contribution in [1.82, 2.24) is 4.57 Å². The highest BCUT2D eigenvalue weighted by atomic mass is 16.5. The number of pyridine rings is 1. The molecule has 0 aliphatic carbocycles. The molecule has 0 bridgehead atoms. The van der Waals surface area contributed by atoms with E-state index in [-0.39, 0.29) is 5.56 Å². The summed E-state index contributed by atoms with van der Waals surface area (Å²) in [6, 6.07) is 9.04. The number of aryl methyl sites for hydroxylation is 1. The van der Waals surface area contributed by atoms with Gasteiger partial charge in [0, 0.05) is 11.9 Å². The molecule has 0 aliphatic rings. The Hall–Kier alpha value is -2.43. The molecule has 5 heteroatoms. The molecule has 0 saturated heterocycles. The van der Waals surface area contributed by atoms with Crippen LogP contribution in [0.1, 0.15) is 19.4 Å². The van der Waals surface area contributed by atoms with E-state index in [0.717, 1.165) is 17.0 Å². The molecule has 0 fully saturated rings. The number of ether oxygens (including phenoxy) is 2. The van der Waals surface area contributed by atoms with Gasteiger partial charge >= 0.3 is 0 Å². The van der Waals surface area contributed by atoms with Crippen molar-refractivity contribution >= 4 is 5.69 Å². The van der Waals surface area contributed by atoms with Gasteiger partial charge in [0.1, 0.15) is 12.4 Å². The molecule has 2 rings (SSSR count). The van der Waals surface area contributed by atoms with Crippen LogP contribution in [0.5, 0.6) is 11.5 Å². The van der Waals surface area contributed by atoms with Crippen molar-refractivity contribution in [3.63, 3.8) is 0 Å². The molecule has 1 aromatic heterocycles. The van der Waals surface area contributed by atoms with Crippen LogP contribution in [0.15, 0.2) is 41.3 Å². The first kappa shape index (κ1) is 16.9. The van der Waals surface area contributed by atoms with Gasteiger partial charge in [-0.25, -0.2) is 0 Å². The van der Waals surface area contributed by atoms with Crippen LogP contribution in [-0.2, 0) is 6.54 Å². The minimum Gasteiger partial charge on any atom is -0.492 e. The highest BCUT2D eigenvalue weighted by molar-refractivity contribution is 5.49. The Labute approximate surface area is 136 Å². The average molecular weight is 316 g/mol. The minimum absolute atomic E-state index is 0.134. The van der Waals surface area contributed by atoms with E-state index >= 15 is 0 Å². The lowest BCUT2D eigenvalue weighted by Gasteiger charge is -2.12. The zero-order chi connectivity index (χ0) is 16.8. The first-order valence-electron chi connectivity index (χ1n) is 7.78. The molecule has 1 heterocycles. The highest BCUT2D eigenvalue weighted by Gasteiger charge is 2.06. The molecule has 23 heavy (non-hydrogen) atoms. The molecule has 1 aromatic carbocycles. The average Bonchev–Trinajstić information content (AvgIpc) is 2.51. The Morgan fingerprint density at radius 1 is 1.22 bits per heavy atom. The van der Waals surface area contributed by atoms with Gasteiger partial charge in [-0.3, -0.25) is 4.79 Å². The molecule has 2 N–H and O–H groups in total. The summed E-state index contributed by atoms with van der Waals surface area (Å²) >= 11 is 0. The van der Waals surface area contributed by atoms with Crippen LogP contribution in [0.4, 0.5) is 5.69 Å². The summed E-state index contributed by atoms with van der Waals surface area (Å²) in [4.78, 5) is 12.3. The smallest absolute Gasteiger partial charge is 0.292 e. The van der Waals surface area contributed by atoms with Crippen molar-refractivity contribution in [1.29, 1.82) is 0 Å². The molecule has 0 saturated carbocycles. The normalized spacial score (nSPS) is 10.8. The second-order valence-corrected chi connectivity index (χ2v) is 5.94. The fraction of sp³-hybridized carbons (Fsp3) is 0.389. The van der Waals surface area contributed by atoms with Gasteiger partial charge in [-0.05, 0) is 48.7 Å². The molecule has 0 radical (unpaired) electrons. The Bertz CT molecular complexity index is 708. The molecular weight excluding hydrogens is 292 g/mol. The van der Waals surface area contributed by atoms with Crippen molar-refractivity contribution in [2.45, 2.75) is 27.3 Å². The van der Waals surface area contributed by atoms with E-state index < -0.39 is 0 Å². The quantitative estimate of drug-likeness (QED) is 0.798. The van der Waals surface area contributed by atoms with Gasteiger partial charge in [0.15, 0.2) is 5.75 Å². The van der Waals surface area contributed by atoms with Gasteiger partial charge in [0.2, 0.25) is 0 Å². The molecule has 0 atom stereocenters. The van der Waals surface area contributed by atoms with Crippen molar-refractivity contribution in [2.75, 3.05) is 18.9 Å². The Balaban J connectivity index is 1.96. The third-order valence-electron chi connectivity index (χ3n) is 3.40. The van der Waals surface area contributed by atoms with E-state index in [1.807, 2.05) is 45.0 Å². The fourth-order valence-corrected chi connectivity index (χ4v) is 2.06. The second-order valence-electron chi connectivity index (χ2n) is 5.94. The van der Waals surface area contributed by atoms with Gasteiger partial charge in [-0.2, -0.15) is 0 Å². The monoisotopic (exact) mass is 316 g/mol. The Morgan fingerprint density at radius 2 is 2.00 bits per heavy atom. The molecular formula is C18H24N2O3. The lowest BCUT2D eigenvalue weighted by Crippen LogP contribution is -2.24. The van der Waals surface area contributed by atoms with E-state index in [9.17, 15) is 4.79 Å². The lowest BCUT2D eigenvalue weighted by molar-refractivity contribution is 0.261. The first-order chi connectivity index (χ1) is 11.0. The van der Waals surface area contributed by atoms with E-state index in [2.05, 4.69) is 0 Å². The number of hydrogen-bond acceptors (Lipinski definition) is 4. The largest absolute Gasteiger partial charge is 0.492 e. The van der Waals surface area contributed by atoms with Crippen molar-refractivity contribution in [3.05, 3.63) is 52.4 Å². The number of nitrogen functional groups attached to an aromatic ring is 1. The number of benzene rings is 1. The number of anilines is 1. The maximum absolute atomic E-state index is 12.3. The molecule has 5 nitrogen and oxygen atoms in total. The second kappa shape index (κ2) is 7.72. The molecule has 0 amide bonds. The molecule has 0 unspecified atom stereocenters. The van der Waals surface area contributed by atoms with Gasteiger partial charge in [0.25, 0.3) is 5.56 Å². The summed E-state index contributed by atoms with van der Waals surface area (Å²) in [5.74, 6) is 1.50. The predicted octanol–water partition coefficient (Wildman–Crippen LogP) is 2.85. The third kappa shape index (κ3) is 4.77. The predicted molar refractivity (Wildman–Crippen MR) is 92.1 cm³/mol. The van der Waals surface area contributed by atoms with Crippen LogP contribution in [0.2, 0.25) is 0 Å². The van der Waals surface area contributed by atoms with Gasteiger partial charge in [0.05, 0.1) is 13.2 Å². The Morgan fingerprint density at radius 3 is 2.70 bits per heavy atom. The minimum atomic E-state index is -0.134. The van der Waals surface area contributed by atoms with E-state index in [4.69, 9.17) is 15.2 Å². The van der Waals surface area contributed by atoms with Crippen LogP contribution in [0, 0.1) is 12.8 Å². The number of hydrogen-bond donors (Lipinski definition) is 1. The number of aromatic nitrogens is 1. The van der Waals surface area contributed by atoms with Crippen molar-refractivity contribution in [3.8, 4) is 11.5 Å². The molecule has 2 aromatic rings. The highest BCUT2D eigenvalue weighted by Crippen LogP contribution is 2.18. The van der Waals surface area contributed by atoms with Crippen molar-refractivity contribution in [2.24, 2.45) is 5.92 Å².